The van der Waals surface area contributed by atoms with E-state index in [4.69, 9.17) is 27.5 Å². The van der Waals surface area contributed by atoms with Crippen molar-refractivity contribution < 1.29 is 13.9 Å². The molecule has 0 saturated carbocycles. The lowest BCUT2D eigenvalue weighted by Gasteiger charge is -2.18. The quantitative estimate of drug-likeness (QED) is 0.125. The Hall–Kier alpha value is -3.41. The number of nitrogens with zero attached hydrogens (tertiary/aromatic N) is 3. The lowest BCUT2D eigenvalue weighted by atomic mass is 10.1. The number of carbonyl (C=O) groups excluding carboxylic acids is 1. The summed E-state index contributed by atoms with van der Waals surface area (Å²) in [6, 6.07) is 11.7. The Morgan fingerprint density at radius 3 is 2.63 bits per heavy atom. The number of hydrogen-bond donors (Lipinski definition) is 4. The first-order chi connectivity index (χ1) is 18.2. The Morgan fingerprint density at radius 2 is 1.95 bits per heavy atom. The van der Waals surface area contributed by atoms with Crippen LogP contribution >= 0.6 is 23.5 Å². The first kappa shape index (κ1) is 29.2. The third-order valence-corrected chi connectivity index (χ3v) is 6.54. The molecule has 12 heteroatoms. The summed E-state index contributed by atoms with van der Waals surface area (Å²) in [5.41, 5.74) is 8.40. The summed E-state index contributed by atoms with van der Waals surface area (Å²) in [6.45, 7) is 5.52. The maximum absolute atomic E-state index is 14.0. The van der Waals surface area contributed by atoms with Crippen LogP contribution in [0.3, 0.4) is 0 Å². The zero-order chi connectivity index (χ0) is 27.7. The molecule has 5 N–H and O–H groups in total. The van der Waals surface area contributed by atoms with Crippen LogP contribution in [0.5, 0.6) is 0 Å². The van der Waals surface area contributed by atoms with Gasteiger partial charge in [-0.2, -0.15) is 0 Å². The van der Waals surface area contributed by atoms with Gasteiger partial charge in [0.05, 0.1) is 10.5 Å². The molecular weight excluding hydrogens is 529 g/mol. The molecule has 2 aromatic carbocycles. The Labute approximate surface area is 231 Å². The van der Waals surface area contributed by atoms with E-state index in [1.54, 1.807) is 19.9 Å². The number of hydrogen-bond acceptors (Lipinski definition) is 10. The minimum absolute atomic E-state index is 0.207. The normalized spacial score (nSPS) is 10.9. The number of likely N-dealkylation sites (N-methyl/N-ethyl adjacent to an activating group) is 1. The van der Waals surface area contributed by atoms with Crippen LogP contribution < -0.4 is 15.8 Å². The summed E-state index contributed by atoms with van der Waals surface area (Å²) in [4.78, 5) is 22.8. The van der Waals surface area contributed by atoms with Crippen molar-refractivity contribution in [1.29, 1.82) is 5.41 Å². The number of nitrogen functional groups attached to an aromatic ring is 1. The van der Waals surface area contributed by atoms with E-state index in [0.717, 1.165) is 23.2 Å². The fourth-order valence-corrected chi connectivity index (χ4v) is 4.31. The second kappa shape index (κ2) is 13.9. The van der Waals surface area contributed by atoms with Crippen LogP contribution in [0.2, 0.25) is 5.02 Å². The first-order valence-corrected chi connectivity index (χ1v) is 13.2. The van der Waals surface area contributed by atoms with Gasteiger partial charge < -0.3 is 30.8 Å². The summed E-state index contributed by atoms with van der Waals surface area (Å²) in [6.07, 6.45) is 0.357. The van der Waals surface area contributed by atoms with Crippen molar-refractivity contribution in [2.24, 2.45) is 0 Å². The molecule has 0 radical (unpaired) electrons. The van der Waals surface area contributed by atoms with Gasteiger partial charge in [0.15, 0.2) is 5.82 Å². The molecule has 9 nitrogen and oxygen atoms in total. The number of nitrogens with two attached hydrogens (primary N) is 1. The number of esters is 1. The molecule has 38 heavy (non-hydrogen) atoms. The zero-order valence-corrected chi connectivity index (χ0v) is 23.0. The minimum Gasteiger partial charge on any atom is -0.464 e. The van der Waals surface area contributed by atoms with Crippen LogP contribution in [0.4, 0.5) is 21.7 Å². The third-order valence-electron chi connectivity index (χ3n) is 5.44. The second-order valence-electron chi connectivity index (χ2n) is 8.44. The van der Waals surface area contributed by atoms with E-state index < -0.39 is 0 Å². The average Bonchev–Trinajstić information content (AvgIpc) is 2.88. The van der Waals surface area contributed by atoms with Crippen molar-refractivity contribution in [1.82, 2.24) is 14.9 Å². The molecule has 0 aliphatic heterocycles. The Balaban J connectivity index is 1.67. The molecule has 0 aliphatic rings. The van der Waals surface area contributed by atoms with Gasteiger partial charge in [-0.15, -0.1) is 0 Å². The van der Waals surface area contributed by atoms with E-state index in [1.165, 1.54) is 12.1 Å². The molecule has 202 valence electrons. The monoisotopic (exact) mass is 559 g/mol. The van der Waals surface area contributed by atoms with Crippen molar-refractivity contribution in [2.75, 3.05) is 49.1 Å². The summed E-state index contributed by atoms with van der Waals surface area (Å²) >= 11 is 7.08. The van der Waals surface area contributed by atoms with E-state index in [2.05, 4.69) is 20.0 Å². The topological polar surface area (TPSA) is 129 Å². The first-order valence-electron chi connectivity index (χ1n) is 12.0. The Kier molecular flexibility index (Phi) is 10.7. The smallest absolute Gasteiger partial charge is 0.305 e. The molecule has 0 spiro atoms. The van der Waals surface area contributed by atoms with E-state index in [1.807, 2.05) is 36.2 Å². The lowest BCUT2D eigenvalue weighted by Crippen LogP contribution is -2.29. The molecule has 0 bridgehead atoms. The van der Waals surface area contributed by atoms with Gasteiger partial charge in [0, 0.05) is 48.0 Å². The summed E-state index contributed by atoms with van der Waals surface area (Å²) in [5, 5.41) is 11.9. The number of carbonyl (C=O) groups is 1. The highest BCUT2D eigenvalue weighted by Crippen LogP contribution is 2.29. The number of anilines is 3. The summed E-state index contributed by atoms with van der Waals surface area (Å²) in [7, 11) is 1.93. The van der Waals surface area contributed by atoms with Gasteiger partial charge in [0.2, 0.25) is 0 Å². The molecule has 0 saturated heterocycles. The largest absolute Gasteiger partial charge is 0.464 e. The lowest BCUT2D eigenvalue weighted by molar-refractivity contribution is -0.143. The maximum Gasteiger partial charge on any atom is 0.305 e. The number of aromatic nitrogens is 2. The summed E-state index contributed by atoms with van der Waals surface area (Å²) < 4.78 is 22.2. The van der Waals surface area contributed by atoms with Gasteiger partial charge in [0.1, 0.15) is 24.1 Å². The van der Waals surface area contributed by atoms with Crippen molar-refractivity contribution in [2.45, 2.75) is 25.2 Å². The van der Waals surface area contributed by atoms with Gasteiger partial charge in [-0.1, -0.05) is 18.5 Å². The van der Waals surface area contributed by atoms with E-state index >= 15 is 0 Å². The molecule has 0 fully saturated rings. The number of rotatable bonds is 13. The zero-order valence-electron chi connectivity index (χ0n) is 21.5. The predicted molar refractivity (Wildman–Crippen MR) is 153 cm³/mol. The van der Waals surface area contributed by atoms with Gasteiger partial charge in [-0.05, 0) is 68.4 Å². The molecule has 0 amide bonds. The highest BCUT2D eigenvalue weighted by atomic mass is 35.5. The fraction of sp³-hybridized carbons (Fsp3) is 0.308. The molecule has 1 aromatic heterocycles. The molecule has 3 aromatic rings. The third kappa shape index (κ3) is 8.30. The number of benzene rings is 2. The van der Waals surface area contributed by atoms with Crippen molar-refractivity contribution in [3.8, 4) is 11.4 Å². The van der Waals surface area contributed by atoms with Crippen LogP contribution in [-0.2, 0) is 9.53 Å². The predicted octanol–water partition coefficient (Wildman–Crippen LogP) is 5.32. The average molecular weight is 560 g/mol. The van der Waals surface area contributed by atoms with Crippen LogP contribution in [0.15, 0.2) is 47.4 Å². The van der Waals surface area contributed by atoms with E-state index in [0.29, 0.717) is 59.8 Å². The molecule has 1 heterocycles. The minimum atomic E-state index is -0.361. The molecule has 3 rings (SSSR count). The highest BCUT2D eigenvalue weighted by Gasteiger charge is 2.16. The molecule has 0 unspecified atom stereocenters. The van der Waals surface area contributed by atoms with Crippen molar-refractivity contribution in [3.05, 3.63) is 58.9 Å². The van der Waals surface area contributed by atoms with Crippen LogP contribution in [0.25, 0.3) is 11.4 Å². The van der Waals surface area contributed by atoms with Crippen LogP contribution in [-0.4, -0.2) is 59.8 Å². The second-order valence-corrected chi connectivity index (χ2v) is 9.73. The van der Waals surface area contributed by atoms with Gasteiger partial charge in [-0.3, -0.25) is 4.79 Å². The number of nitrogens with one attached hydrogen (secondary N) is 3. The number of ether oxygens (including phenoxy) is 1. The van der Waals surface area contributed by atoms with Crippen LogP contribution in [0, 0.1) is 11.2 Å². The van der Waals surface area contributed by atoms with Crippen LogP contribution in [0.1, 0.15) is 25.8 Å². The Bertz CT molecular complexity index is 1280. The van der Waals surface area contributed by atoms with Gasteiger partial charge in [0.25, 0.3) is 0 Å². The standard InChI is InChI=1S/C26H31ClFN7O2S/c1-4-22(36)37-14-13-35(3)12-11-31-26-23(16(2)29)24(30)32-25(33-26)17-5-8-19(9-6-17)34-38-21-15-18(27)7-10-20(21)28/h5-10,15,29,34H,4,11-14H2,1-3H3,(H3,30,31,32,33). The summed E-state index contributed by atoms with van der Waals surface area (Å²) in [5.74, 6) is 0.512. The molecule has 0 aliphatic carbocycles. The van der Waals surface area contributed by atoms with E-state index in [9.17, 15) is 9.18 Å². The number of halogens is 2. The van der Waals surface area contributed by atoms with E-state index in [-0.39, 0.29) is 23.3 Å². The molecule has 0 atom stereocenters. The Morgan fingerprint density at radius 1 is 1.21 bits per heavy atom. The maximum atomic E-state index is 14.0. The fourth-order valence-electron chi connectivity index (χ4n) is 3.36. The van der Waals surface area contributed by atoms with Gasteiger partial charge >= 0.3 is 5.97 Å². The van der Waals surface area contributed by atoms with Gasteiger partial charge in [-0.25, -0.2) is 14.4 Å². The molecular formula is C26H31ClFN7O2S. The van der Waals surface area contributed by atoms with Crippen molar-refractivity contribution >= 4 is 52.6 Å². The van der Waals surface area contributed by atoms with Crippen molar-refractivity contribution in [3.63, 3.8) is 0 Å². The highest BCUT2D eigenvalue weighted by molar-refractivity contribution is 8.00. The SMILES string of the molecule is CCC(=O)OCCN(C)CCNc1nc(-c2ccc(NSc3cc(Cl)ccc3F)cc2)nc(N)c1C(C)=N.